The molecular weight excluding hydrogens is 178 g/mol. The van der Waals surface area contributed by atoms with Gasteiger partial charge in [-0.15, -0.1) is 0 Å². The van der Waals surface area contributed by atoms with Crippen molar-refractivity contribution in [2.75, 3.05) is 6.26 Å². The Bertz CT molecular complexity index is 167. The predicted molar refractivity (Wildman–Crippen MR) is 60.3 cm³/mol. The molecule has 0 bridgehead atoms. The van der Waals surface area contributed by atoms with Gasteiger partial charge in [0, 0.05) is 17.3 Å². The first-order valence-corrected chi connectivity index (χ1v) is 6.87. The van der Waals surface area contributed by atoms with Crippen LogP contribution in [0.25, 0.3) is 0 Å². The lowest BCUT2D eigenvalue weighted by Crippen LogP contribution is -2.36. The minimum atomic E-state index is 0.783. The Kier molecular flexibility index (Phi) is 3.20. The van der Waals surface area contributed by atoms with E-state index < -0.39 is 0 Å². The lowest BCUT2D eigenvalue weighted by molar-refractivity contribution is 0.419. The van der Waals surface area contributed by atoms with Crippen LogP contribution in [0.15, 0.2) is 0 Å². The number of hydrogen-bond donors (Lipinski definition) is 1. The van der Waals surface area contributed by atoms with Crippen LogP contribution in [0.4, 0.5) is 0 Å². The Morgan fingerprint density at radius 2 is 2.00 bits per heavy atom. The van der Waals surface area contributed by atoms with Crippen molar-refractivity contribution in [3.8, 4) is 0 Å². The summed E-state index contributed by atoms with van der Waals surface area (Å²) in [7, 11) is 0. The summed E-state index contributed by atoms with van der Waals surface area (Å²) in [4.78, 5) is 0. The Morgan fingerprint density at radius 1 is 1.23 bits per heavy atom. The maximum absolute atomic E-state index is 3.79. The maximum Gasteiger partial charge on any atom is 0.00805 e. The quantitative estimate of drug-likeness (QED) is 0.747. The van der Waals surface area contributed by atoms with Crippen molar-refractivity contribution in [1.82, 2.24) is 5.32 Å². The van der Waals surface area contributed by atoms with Crippen molar-refractivity contribution < 1.29 is 0 Å². The second-order valence-corrected chi connectivity index (χ2v) is 5.80. The van der Waals surface area contributed by atoms with E-state index in [4.69, 9.17) is 0 Å². The first-order chi connectivity index (χ1) is 6.29. The van der Waals surface area contributed by atoms with Crippen molar-refractivity contribution in [2.24, 2.45) is 5.92 Å². The Labute approximate surface area is 86.0 Å². The maximum atomic E-state index is 3.79. The van der Waals surface area contributed by atoms with Gasteiger partial charge in [0.2, 0.25) is 0 Å². The summed E-state index contributed by atoms with van der Waals surface area (Å²) >= 11 is 2.05. The van der Waals surface area contributed by atoms with E-state index in [0.29, 0.717) is 0 Å². The van der Waals surface area contributed by atoms with Crippen LogP contribution in [-0.4, -0.2) is 23.6 Å². The van der Waals surface area contributed by atoms with Gasteiger partial charge in [0.15, 0.2) is 0 Å². The summed E-state index contributed by atoms with van der Waals surface area (Å²) in [6.07, 6.45) is 9.41. The summed E-state index contributed by atoms with van der Waals surface area (Å²) in [5.74, 6) is 1.01. The number of hydrogen-bond acceptors (Lipinski definition) is 2. The molecule has 0 amide bonds. The highest BCUT2D eigenvalue weighted by atomic mass is 32.2. The monoisotopic (exact) mass is 199 g/mol. The van der Waals surface area contributed by atoms with E-state index >= 15 is 0 Å². The predicted octanol–water partition coefficient (Wildman–Crippen LogP) is 2.66. The van der Waals surface area contributed by atoms with Gasteiger partial charge in [-0.25, -0.2) is 0 Å². The molecule has 0 spiro atoms. The molecule has 2 saturated carbocycles. The van der Waals surface area contributed by atoms with E-state index in [1.54, 1.807) is 0 Å². The van der Waals surface area contributed by atoms with Gasteiger partial charge in [-0.2, -0.15) is 11.8 Å². The van der Waals surface area contributed by atoms with E-state index in [2.05, 4.69) is 18.5 Å². The van der Waals surface area contributed by atoms with Crippen molar-refractivity contribution in [1.29, 1.82) is 0 Å². The van der Waals surface area contributed by atoms with Gasteiger partial charge in [-0.05, 0) is 51.2 Å². The van der Waals surface area contributed by atoms with Crippen LogP contribution >= 0.6 is 11.8 Å². The van der Waals surface area contributed by atoms with E-state index in [1.165, 1.54) is 32.1 Å². The van der Waals surface area contributed by atoms with Crippen LogP contribution in [0.5, 0.6) is 0 Å². The van der Waals surface area contributed by atoms with Crippen LogP contribution in [0.2, 0.25) is 0 Å². The van der Waals surface area contributed by atoms with Crippen molar-refractivity contribution in [2.45, 2.75) is 56.4 Å². The summed E-state index contributed by atoms with van der Waals surface area (Å²) in [5.41, 5.74) is 0. The molecule has 13 heavy (non-hydrogen) atoms. The van der Waals surface area contributed by atoms with Gasteiger partial charge in [0.1, 0.15) is 0 Å². The van der Waals surface area contributed by atoms with E-state index in [9.17, 15) is 0 Å². The lowest BCUT2D eigenvalue weighted by Gasteiger charge is -2.18. The molecule has 0 saturated heterocycles. The topological polar surface area (TPSA) is 12.0 Å². The fourth-order valence-electron chi connectivity index (χ4n) is 2.41. The van der Waals surface area contributed by atoms with E-state index in [1.807, 2.05) is 11.8 Å². The smallest absolute Gasteiger partial charge is 0.00805 e. The van der Waals surface area contributed by atoms with Crippen molar-refractivity contribution in [3.63, 3.8) is 0 Å². The lowest BCUT2D eigenvalue weighted by atomic mass is 10.1. The third-order valence-electron chi connectivity index (χ3n) is 3.55. The Morgan fingerprint density at radius 3 is 2.54 bits per heavy atom. The second-order valence-electron chi connectivity index (χ2n) is 4.66. The fourth-order valence-corrected chi connectivity index (χ4v) is 3.21. The second kappa shape index (κ2) is 4.22. The van der Waals surface area contributed by atoms with Gasteiger partial charge >= 0.3 is 0 Å². The van der Waals surface area contributed by atoms with E-state index in [0.717, 1.165) is 23.3 Å². The molecule has 3 atom stereocenters. The van der Waals surface area contributed by atoms with Gasteiger partial charge in [0.05, 0.1) is 0 Å². The summed E-state index contributed by atoms with van der Waals surface area (Å²) in [5, 5.41) is 4.73. The minimum absolute atomic E-state index is 0.783. The standard InChI is InChI=1S/C11H21NS/c1-8(9-3-4-9)12-10-5-6-11(7-10)13-2/h8-12H,3-7H2,1-2H3. The van der Waals surface area contributed by atoms with Gasteiger partial charge in [0.25, 0.3) is 0 Å². The third-order valence-corrected chi connectivity index (χ3v) is 4.64. The van der Waals surface area contributed by atoms with Crippen LogP contribution in [0.3, 0.4) is 0 Å². The van der Waals surface area contributed by atoms with Gasteiger partial charge in [-0.3, -0.25) is 0 Å². The molecule has 1 nitrogen and oxygen atoms in total. The summed E-state index contributed by atoms with van der Waals surface area (Å²) in [6, 6.07) is 1.61. The van der Waals surface area contributed by atoms with Crippen LogP contribution in [0.1, 0.15) is 39.0 Å². The first-order valence-electron chi connectivity index (χ1n) is 5.58. The molecule has 0 aromatic carbocycles. The average Bonchev–Trinajstić information content (AvgIpc) is 2.88. The zero-order valence-electron chi connectivity index (χ0n) is 8.75. The molecule has 2 heteroatoms. The third kappa shape index (κ3) is 2.63. The van der Waals surface area contributed by atoms with Crippen LogP contribution in [-0.2, 0) is 0 Å². The first kappa shape index (κ1) is 9.85. The number of nitrogens with one attached hydrogen (secondary N) is 1. The van der Waals surface area contributed by atoms with Crippen LogP contribution in [0, 0.1) is 5.92 Å². The van der Waals surface area contributed by atoms with E-state index in [-0.39, 0.29) is 0 Å². The van der Waals surface area contributed by atoms with Gasteiger partial charge < -0.3 is 5.32 Å². The summed E-state index contributed by atoms with van der Waals surface area (Å²) < 4.78 is 0. The molecule has 76 valence electrons. The highest BCUT2D eigenvalue weighted by molar-refractivity contribution is 7.99. The summed E-state index contributed by atoms with van der Waals surface area (Å²) in [6.45, 7) is 2.37. The van der Waals surface area contributed by atoms with Crippen LogP contribution < -0.4 is 5.32 Å². The molecule has 0 aliphatic heterocycles. The molecule has 0 radical (unpaired) electrons. The molecule has 2 aliphatic rings. The SMILES string of the molecule is CSC1CCC(NC(C)C2CC2)C1. The minimum Gasteiger partial charge on any atom is -0.311 e. The molecule has 3 unspecified atom stereocenters. The Hall–Kier alpha value is 0.310. The molecule has 0 heterocycles. The number of thioether (sulfide) groups is 1. The molecule has 0 aromatic rings. The zero-order valence-corrected chi connectivity index (χ0v) is 9.57. The van der Waals surface area contributed by atoms with Crippen molar-refractivity contribution >= 4 is 11.8 Å². The molecule has 0 aromatic heterocycles. The highest BCUT2D eigenvalue weighted by Crippen LogP contribution is 2.34. The number of rotatable bonds is 4. The molecule has 1 N–H and O–H groups in total. The molecular formula is C11H21NS. The van der Waals surface area contributed by atoms with Gasteiger partial charge in [-0.1, -0.05) is 0 Å². The molecule has 2 aliphatic carbocycles. The molecule has 2 fully saturated rings. The average molecular weight is 199 g/mol. The highest BCUT2D eigenvalue weighted by Gasteiger charge is 2.31. The normalized spacial score (nSPS) is 36.5. The Balaban J connectivity index is 1.70. The fraction of sp³-hybridized carbons (Fsp3) is 1.00. The molecule has 2 rings (SSSR count). The zero-order chi connectivity index (χ0) is 9.26. The van der Waals surface area contributed by atoms with Crippen molar-refractivity contribution in [3.05, 3.63) is 0 Å². The largest absolute Gasteiger partial charge is 0.311 e.